The number of rotatable bonds is 2. The zero-order valence-electron chi connectivity index (χ0n) is 15.1. The zero-order valence-corrected chi connectivity index (χ0v) is 15.9. The van der Waals surface area contributed by atoms with Gasteiger partial charge < -0.3 is 4.57 Å². The van der Waals surface area contributed by atoms with Crippen LogP contribution in [-0.4, -0.2) is 19.5 Å². The van der Waals surface area contributed by atoms with E-state index < -0.39 is 10.0 Å². The van der Waals surface area contributed by atoms with Gasteiger partial charge in [0.2, 0.25) is 0 Å². The maximum Gasteiger partial charge on any atom is 0.264 e. The maximum atomic E-state index is 13.4. The maximum absolute atomic E-state index is 13.4. The number of nitrogens with zero attached hydrogens (tertiary/aromatic N) is 2. The lowest BCUT2D eigenvalue weighted by Crippen LogP contribution is -2.30. The Labute approximate surface area is 157 Å². The Morgan fingerprint density at radius 1 is 0.963 bits per heavy atom. The highest BCUT2D eigenvalue weighted by atomic mass is 32.2. The smallest absolute Gasteiger partial charge is 0.264 e. The fourth-order valence-corrected chi connectivity index (χ4v) is 5.99. The van der Waals surface area contributed by atoms with Gasteiger partial charge in [-0.15, -0.1) is 0 Å². The largest absolute Gasteiger partial charge is 0.308 e. The van der Waals surface area contributed by atoms with E-state index in [9.17, 15) is 13.2 Å². The van der Waals surface area contributed by atoms with E-state index in [1.807, 2.05) is 31.2 Å². The number of benzene rings is 2. The molecule has 2 aromatic carbocycles. The van der Waals surface area contributed by atoms with Crippen LogP contribution in [-0.2, 0) is 29.4 Å². The minimum absolute atomic E-state index is 0.00923. The molecule has 5 rings (SSSR count). The van der Waals surface area contributed by atoms with Crippen molar-refractivity contribution in [3.05, 3.63) is 69.5 Å². The van der Waals surface area contributed by atoms with E-state index >= 15 is 0 Å². The van der Waals surface area contributed by atoms with Crippen molar-refractivity contribution >= 4 is 26.6 Å². The second kappa shape index (κ2) is 5.70. The van der Waals surface area contributed by atoms with Gasteiger partial charge in [0, 0.05) is 24.5 Å². The molecule has 0 N–H and O–H groups in total. The van der Waals surface area contributed by atoms with Crippen LogP contribution in [0.5, 0.6) is 0 Å². The highest BCUT2D eigenvalue weighted by molar-refractivity contribution is 7.92. The molecule has 0 atom stereocenters. The summed E-state index contributed by atoms with van der Waals surface area (Å²) >= 11 is 0. The summed E-state index contributed by atoms with van der Waals surface area (Å²) in [6.07, 6.45) is 2.37. The van der Waals surface area contributed by atoms with Gasteiger partial charge in [0.15, 0.2) is 0 Å². The molecule has 2 aliphatic heterocycles. The molecule has 0 fully saturated rings. The van der Waals surface area contributed by atoms with E-state index in [4.69, 9.17) is 0 Å². The molecule has 0 bridgehead atoms. The van der Waals surface area contributed by atoms with Crippen LogP contribution in [0.3, 0.4) is 0 Å². The highest BCUT2D eigenvalue weighted by Gasteiger charge is 2.31. The molecule has 0 amide bonds. The van der Waals surface area contributed by atoms with Gasteiger partial charge in [-0.1, -0.05) is 18.2 Å². The number of sulfonamides is 1. The van der Waals surface area contributed by atoms with Crippen molar-refractivity contribution in [3.63, 3.8) is 0 Å². The predicted molar refractivity (Wildman–Crippen MR) is 106 cm³/mol. The topological polar surface area (TPSA) is 59.4 Å². The molecule has 3 aromatic rings. The molecule has 0 spiro atoms. The predicted octanol–water partition coefficient (Wildman–Crippen LogP) is 3.01. The summed E-state index contributed by atoms with van der Waals surface area (Å²) in [5.74, 6) is 0. The molecule has 138 valence electrons. The standard InChI is InChI=1S/C21H20N2O3S/c1-14-11-20(24)22-9-4-6-16-12-17(13-18(14)21(16)22)27(25,26)23-10-8-15-5-2-3-7-19(15)23/h2-3,5,7,11-13H,4,6,8-10H2,1H3. The molecule has 0 saturated heterocycles. The third-order valence-corrected chi connectivity index (χ3v) is 7.51. The summed E-state index contributed by atoms with van der Waals surface area (Å²) in [6, 6.07) is 12.8. The van der Waals surface area contributed by atoms with Gasteiger partial charge in [-0.2, -0.15) is 0 Å². The van der Waals surface area contributed by atoms with Crippen molar-refractivity contribution in [3.8, 4) is 0 Å². The first-order valence-corrected chi connectivity index (χ1v) is 10.7. The third kappa shape index (κ3) is 2.36. The number of fused-ring (bicyclic) bond motifs is 1. The Morgan fingerprint density at radius 2 is 1.78 bits per heavy atom. The first-order chi connectivity index (χ1) is 13.0. The van der Waals surface area contributed by atoms with Crippen LogP contribution in [0, 0.1) is 6.92 Å². The van der Waals surface area contributed by atoms with Crippen molar-refractivity contribution in [2.24, 2.45) is 0 Å². The monoisotopic (exact) mass is 380 g/mol. The van der Waals surface area contributed by atoms with E-state index in [0.29, 0.717) is 18.0 Å². The Balaban J connectivity index is 1.74. The van der Waals surface area contributed by atoms with Crippen LogP contribution in [0.4, 0.5) is 5.69 Å². The summed E-state index contributed by atoms with van der Waals surface area (Å²) in [4.78, 5) is 12.7. The van der Waals surface area contributed by atoms with Crippen molar-refractivity contribution < 1.29 is 8.42 Å². The minimum Gasteiger partial charge on any atom is -0.308 e. The highest BCUT2D eigenvalue weighted by Crippen LogP contribution is 2.35. The number of para-hydroxylation sites is 1. The molecule has 2 aliphatic rings. The van der Waals surface area contributed by atoms with E-state index in [-0.39, 0.29) is 5.56 Å². The molecule has 27 heavy (non-hydrogen) atoms. The quantitative estimate of drug-likeness (QED) is 0.687. The zero-order chi connectivity index (χ0) is 18.8. The first-order valence-electron chi connectivity index (χ1n) is 9.24. The molecular formula is C21H20N2O3S. The summed E-state index contributed by atoms with van der Waals surface area (Å²) in [5, 5.41) is 0.859. The van der Waals surface area contributed by atoms with E-state index in [1.54, 1.807) is 22.8 Å². The number of aryl methyl sites for hydroxylation is 3. The Hall–Kier alpha value is -2.60. The van der Waals surface area contributed by atoms with Crippen molar-refractivity contribution in [1.82, 2.24) is 4.57 Å². The minimum atomic E-state index is -3.65. The molecule has 1 aromatic heterocycles. The normalized spacial score (nSPS) is 16.0. The third-order valence-electron chi connectivity index (χ3n) is 5.72. The second-order valence-electron chi connectivity index (χ2n) is 7.36. The molecule has 0 saturated carbocycles. The van der Waals surface area contributed by atoms with Gasteiger partial charge in [0.05, 0.1) is 16.1 Å². The molecular weight excluding hydrogens is 360 g/mol. The fourth-order valence-electron chi connectivity index (χ4n) is 4.41. The van der Waals surface area contributed by atoms with Crippen molar-refractivity contribution in [1.29, 1.82) is 0 Å². The second-order valence-corrected chi connectivity index (χ2v) is 9.22. The Bertz CT molecular complexity index is 1260. The summed E-state index contributed by atoms with van der Waals surface area (Å²) in [5.41, 5.74) is 4.50. The van der Waals surface area contributed by atoms with Crippen molar-refractivity contribution in [2.75, 3.05) is 10.8 Å². The molecule has 6 heteroatoms. The fraction of sp³-hybridized carbons (Fsp3) is 0.286. The molecule has 0 unspecified atom stereocenters. The number of anilines is 1. The summed E-state index contributed by atoms with van der Waals surface area (Å²) in [6.45, 7) is 3.03. The first kappa shape index (κ1) is 16.6. The molecule has 0 radical (unpaired) electrons. The summed E-state index contributed by atoms with van der Waals surface area (Å²) < 4.78 is 30.2. The molecule has 0 aliphatic carbocycles. The van der Waals surface area contributed by atoms with Crippen LogP contribution in [0.15, 0.2) is 52.2 Å². The van der Waals surface area contributed by atoms with Crippen LogP contribution < -0.4 is 9.86 Å². The van der Waals surface area contributed by atoms with Crippen molar-refractivity contribution in [2.45, 2.75) is 37.6 Å². The summed E-state index contributed by atoms with van der Waals surface area (Å²) in [7, 11) is -3.65. The number of hydrogen-bond acceptors (Lipinski definition) is 3. The van der Waals surface area contributed by atoms with Gasteiger partial charge in [-0.3, -0.25) is 9.10 Å². The lowest BCUT2D eigenvalue weighted by atomic mass is 9.99. The number of pyridine rings is 1. The van der Waals surface area contributed by atoms with Crippen LogP contribution in [0.25, 0.3) is 10.9 Å². The van der Waals surface area contributed by atoms with Gasteiger partial charge in [-0.05, 0) is 61.1 Å². The SMILES string of the molecule is Cc1cc(=O)n2c3c(cc(S(=O)(=O)N4CCc5ccccc54)cc13)CCC2. The van der Waals surface area contributed by atoms with Gasteiger partial charge in [0.25, 0.3) is 15.6 Å². The lowest BCUT2D eigenvalue weighted by Gasteiger charge is -2.24. The Morgan fingerprint density at radius 3 is 2.63 bits per heavy atom. The number of aromatic nitrogens is 1. The lowest BCUT2D eigenvalue weighted by molar-refractivity contribution is 0.591. The van der Waals surface area contributed by atoms with Crippen LogP contribution >= 0.6 is 0 Å². The average Bonchev–Trinajstić information content (AvgIpc) is 3.10. The van der Waals surface area contributed by atoms with Gasteiger partial charge in [-0.25, -0.2) is 8.42 Å². The van der Waals surface area contributed by atoms with E-state index in [2.05, 4.69) is 0 Å². The molecule has 3 heterocycles. The molecule has 5 nitrogen and oxygen atoms in total. The van der Waals surface area contributed by atoms with Gasteiger partial charge in [0.1, 0.15) is 0 Å². The van der Waals surface area contributed by atoms with Gasteiger partial charge >= 0.3 is 0 Å². The average molecular weight is 380 g/mol. The Kier molecular flexibility index (Phi) is 3.49. The number of hydrogen-bond donors (Lipinski definition) is 0. The van der Waals surface area contributed by atoms with E-state index in [0.717, 1.165) is 52.5 Å². The van der Waals surface area contributed by atoms with Crippen LogP contribution in [0.2, 0.25) is 0 Å². The van der Waals surface area contributed by atoms with Crippen LogP contribution in [0.1, 0.15) is 23.1 Å². The van der Waals surface area contributed by atoms with E-state index in [1.165, 1.54) is 4.31 Å².